The van der Waals surface area contributed by atoms with Crippen LogP contribution in [0, 0.1) is 0 Å². The van der Waals surface area contributed by atoms with Gasteiger partial charge < -0.3 is 25.4 Å². The molecule has 1 spiro atoms. The van der Waals surface area contributed by atoms with Crippen molar-refractivity contribution in [2.45, 2.75) is 18.4 Å². The molecule has 0 aromatic heterocycles. The third-order valence-corrected chi connectivity index (χ3v) is 5.80. The number of hydrogen-bond donors (Lipinski definition) is 4. The Balaban J connectivity index is 1.80. The van der Waals surface area contributed by atoms with Crippen LogP contribution in [0.15, 0.2) is 54.6 Å². The van der Waals surface area contributed by atoms with E-state index in [0.717, 1.165) is 6.07 Å². The molecule has 1 unspecified atom stereocenters. The smallest absolute Gasteiger partial charge is 0.340 e. The lowest BCUT2D eigenvalue weighted by molar-refractivity contribution is -0.126. The molecule has 3 aromatic rings. The minimum atomic E-state index is -1.67. The van der Waals surface area contributed by atoms with Crippen molar-refractivity contribution >= 4 is 23.5 Å². The van der Waals surface area contributed by atoms with Crippen LogP contribution in [0.2, 0.25) is 0 Å². The molecule has 5 rings (SSSR count). The standard InChI is InChI=1S/C24H18N2O8/c25-20(29)7-8-21(30)26(32)17-9-13(28)11-19-22(17)24(16-6-5-12(27)10-18(16)33-19)15-4-2-1-3-14(15)23(31)34-24/h1-6,9-11,27-28,32H,7-8H2,(H2,25,29). The molecule has 0 bridgehead atoms. The van der Waals surface area contributed by atoms with Gasteiger partial charge in [-0.3, -0.25) is 14.8 Å². The molecule has 5 N–H and O–H groups in total. The summed E-state index contributed by atoms with van der Waals surface area (Å²) in [4.78, 5) is 36.7. The summed E-state index contributed by atoms with van der Waals surface area (Å²) >= 11 is 0. The minimum Gasteiger partial charge on any atom is -0.508 e. The Kier molecular flexibility index (Phi) is 4.69. The van der Waals surface area contributed by atoms with Gasteiger partial charge in [-0.2, -0.15) is 5.06 Å². The molecule has 34 heavy (non-hydrogen) atoms. The van der Waals surface area contributed by atoms with E-state index in [2.05, 4.69) is 0 Å². The predicted molar refractivity (Wildman–Crippen MR) is 116 cm³/mol. The number of amides is 2. The van der Waals surface area contributed by atoms with Gasteiger partial charge in [-0.15, -0.1) is 0 Å². The number of esters is 1. The Morgan fingerprint density at radius 1 is 0.941 bits per heavy atom. The number of benzene rings is 3. The van der Waals surface area contributed by atoms with Gasteiger partial charge >= 0.3 is 5.97 Å². The molecule has 0 saturated carbocycles. The molecular formula is C24H18N2O8. The van der Waals surface area contributed by atoms with E-state index in [-0.39, 0.29) is 51.3 Å². The molecular weight excluding hydrogens is 444 g/mol. The first-order chi connectivity index (χ1) is 16.2. The number of phenolic OH excluding ortho intramolecular Hbond substituents is 2. The van der Waals surface area contributed by atoms with Gasteiger partial charge in [0.15, 0.2) is 5.60 Å². The number of rotatable bonds is 4. The van der Waals surface area contributed by atoms with Crippen LogP contribution in [0.25, 0.3) is 0 Å². The van der Waals surface area contributed by atoms with Gasteiger partial charge in [0.05, 0.1) is 16.8 Å². The first-order valence-corrected chi connectivity index (χ1v) is 10.2. The molecule has 0 fully saturated rings. The summed E-state index contributed by atoms with van der Waals surface area (Å²) in [7, 11) is 0. The molecule has 10 heteroatoms. The summed E-state index contributed by atoms with van der Waals surface area (Å²) < 4.78 is 11.9. The summed E-state index contributed by atoms with van der Waals surface area (Å²) in [6.45, 7) is 0. The number of carbonyl (C=O) groups is 3. The molecule has 2 aliphatic rings. The monoisotopic (exact) mass is 462 g/mol. The fourth-order valence-electron chi connectivity index (χ4n) is 4.40. The Morgan fingerprint density at radius 3 is 2.44 bits per heavy atom. The molecule has 0 radical (unpaired) electrons. The highest BCUT2D eigenvalue weighted by atomic mass is 16.6. The lowest BCUT2D eigenvalue weighted by Crippen LogP contribution is -2.37. The highest BCUT2D eigenvalue weighted by Gasteiger charge is 2.55. The number of aromatic hydroxyl groups is 2. The highest BCUT2D eigenvalue weighted by molar-refractivity contribution is 5.99. The van der Waals surface area contributed by atoms with Crippen LogP contribution >= 0.6 is 0 Å². The number of carbonyl (C=O) groups excluding carboxylic acids is 3. The van der Waals surface area contributed by atoms with E-state index in [1.54, 1.807) is 24.3 Å². The molecule has 1 atom stereocenters. The van der Waals surface area contributed by atoms with E-state index >= 15 is 0 Å². The quantitative estimate of drug-likeness (QED) is 0.262. The third kappa shape index (κ3) is 3.04. The summed E-state index contributed by atoms with van der Waals surface area (Å²) in [6, 6.07) is 13.2. The number of primary amides is 1. The van der Waals surface area contributed by atoms with E-state index in [1.807, 2.05) is 0 Å². The summed E-state index contributed by atoms with van der Waals surface area (Å²) in [5.74, 6) is -2.58. The second-order valence-electron chi connectivity index (χ2n) is 7.91. The van der Waals surface area contributed by atoms with E-state index in [4.69, 9.17) is 15.2 Å². The van der Waals surface area contributed by atoms with Gasteiger partial charge in [-0.1, -0.05) is 18.2 Å². The van der Waals surface area contributed by atoms with Crippen LogP contribution in [-0.4, -0.2) is 33.2 Å². The van der Waals surface area contributed by atoms with Gasteiger partial charge in [-0.05, 0) is 18.2 Å². The minimum absolute atomic E-state index is 0.0145. The topological polar surface area (TPSA) is 160 Å². The fraction of sp³-hybridized carbons (Fsp3) is 0.125. The van der Waals surface area contributed by atoms with Gasteiger partial charge in [0.2, 0.25) is 5.91 Å². The number of hydroxylamine groups is 1. The van der Waals surface area contributed by atoms with Crippen LogP contribution in [0.4, 0.5) is 5.69 Å². The van der Waals surface area contributed by atoms with Crippen LogP contribution in [-0.2, 0) is 19.9 Å². The average Bonchev–Trinajstić information content (AvgIpc) is 3.09. The zero-order valence-corrected chi connectivity index (χ0v) is 17.5. The molecule has 2 aliphatic heterocycles. The number of anilines is 1. The highest BCUT2D eigenvalue weighted by Crippen LogP contribution is 2.59. The first kappa shape index (κ1) is 21.3. The number of ether oxygens (including phenoxy) is 2. The van der Waals surface area contributed by atoms with Crippen molar-refractivity contribution in [2.75, 3.05) is 5.06 Å². The number of fused-ring (bicyclic) bond motifs is 6. The van der Waals surface area contributed by atoms with Crippen LogP contribution in [0.1, 0.15) is 39.9 Å². The SMILES string of the molecule is NC(=O)CCC(=O)N(O)c1cc(O)cc2c1C1(OC(=O)c3ccccc31)c1ccc(O)cc1O2. The van der Waals surface area contributed by atoms with Gasteiger partial charge in [0, 0.05) is 42.2 Å². The number of phenols is 2. The number of nitrogens with zero attached hydrogens (tertiary/aromatic N) is 1. The van der Waals surface area contributed by atoms with Gasteiger partial charge in [-0.25, -0.2) is 4.79 Å². The second-order valence-corrected chi connectivity index (χ2v) is 7.91. The van der Waals surface area contributed by atoms with Crippen molar-refractivity contribution in [1.29, 1.82) is 0 Å². The molecule has 2 amide bonds. The predicted octanol–water partition coefficient (Wildman–Crippen LogP) is 2.65. The maximum absolute atomic E-state index is 12.9. The van der Waals surface area contributed by atoms with E-state index in [0.29, 0.717) is 11.1 Å². The van der Waals surface area contributed by atoms with E-state index in [9.17, 15) is 29.8 Å². The van der Waals surface area contributed by atoms with Crippen LogP contribution in [0.5, 0.6) is 23.0 Å². The lowest BCUT2D eigenvalue weighted by Gasteiger charge is -2.38. The molecule has 10 nitrogen and oxygen atoms in total. The average molecular weight is 462 g/mol. The van der Waals surface area contributed by atoms with Crippen molar-refractivity contribution in [1.82, 2.24) is 0 Å². The lowest BCUT2D eigenvalue weighted by atomic mass is 9.76. The number of hydrogen-bond acceptors (Lipinski definition) is 8. The first-order valence-electron chi connectivity index (χ1n) is 10.2. The Labute approximate surface area is 192 Å². The summed E-state index contributed by atoms with van der Waals surface area (Å²) in [5, 5.41) is 31.4. The Hall–Kier alpha value is -4.57. The summed E-state index contributed by atoms with van der Waals surface area (Å²) in [6.07, 6.45) is -0.705. The molecule has 3 aromatic carbocycles. The molecule has 0 saturated heterocycles. The van der Waals surface area contributed by atoms with Crippen LogP contribution < -0.4 is 15.5 Å². The molecule has 0 aliphatic carbocycles. The van der Waals surface area contributed by atoms with Crippen molar-refractivity contribution in [2.24, 2.45) is 5.73 Å². The molecule has 172 valence electrons. The van der Waals surface area contributed by atoms with Gasteiger partial charge in [0.1, 0.15) is 23.0 Å². The zero-order valence-electron chi connectivity index (χ0n) is 17.5. The maximum atomic E-state index is 12.9. The summed E-state index contributed by atoms with van der Waals surface area (Å²) in [5.41, 5.74) is 4.32. The van der Waals surface area contributed by atoms with E-state index in [1.165, 1.54) is 24.3 Å². The zero-order chi connectivity index (χ0) is 24.2. The van der Waals surface area contributed by atoms with Crippen molar-refractivity contribution in [3.05, 3.63) is 76.9 Å². The molecule has 2 heterocycles. The maximum Gasteiger partial charge on any atom is 0.340 e. The third-order valence-electron chi connectivity index (χ3n) is 5.80. The van der Waals surface area contributed by atoms with Crippen LogP contribution in [0.3, 0.4) is 0 Å². The Morgan fingerprint density at radius 2 is 1.68 bits per heavy atom. The van der Waals surface area contributed by atoms with Crippen molar-refractivity contribution in [3.8, 4) is 23.0 Å². The van der Waals surface area contributed by atoms with Crippen molar-refractivity contribution in [3.63, 3.8) is 0 Å². The fourth-order valence-corrected chi connectivity index (χ4v) is 4.40. The van der Waals surface area contributed by atoms with Crippen molar-refractivity contribution < 1.29 is 39.3 Å². The second kappa shape index (κ2) is 7.49. The Bertz CT molecular complexity index is 1390. The van der Waals surface area contributed by atoms with E-state index < -0.39 is 29.8 Å². The van der Waals surface area contributed by atoms with Gasteiger partial charge in [0.25, 0.3) is 5.91 Å². The largest absolute Gasteiger partial charge is 0.508 e. The number of nitrogens with two attached hydrogens (primary N) is 1. The normalized spacial score (nSPS) is 17.3.